The smallest absolute Gasteiger partial charge is 0.202 e. The first kappa shape index (κ1) is 14.8. The summed E-state index contributed by atoms with van der Waals surface area (Å²) in [6.45, 7) is 7.70. The Kier molecular flexibility index (Phi) is 5.61. The molecule has 4 heteroatoms. The van der Waals surface area contributed by atoms with E-state index in [0.717, 1.165) is 23.4 Å². The number of anilines is 1. The quantitative estimate of drug-likeness (QED) is 0.822. The molecule has 0 bridgehead atoms. The topological polar surface area (TPSA) is 37.8 Å². The molecule has 1 saturated carbocycles. The predicted octanol–water partition coefficient (Wildman–Crippen LogP) is 4.68. The van der Waals surface area contributed by atoms with Gasteiger partial charge in [-0.1, -0.05) is 33.6 Å². The Balaban J connectivity index is 1.82. The first-order chi connectivity index (χ1) is 9.19. The van der Waals surface area contributed by atoms with Crippen molar-refractivity contribution in [1.29, 1.82) is 0 Å². The van der Waals surface area contributed by atoms with E-state index in [1.54, 1.807) is 0 Å². The molecule has 108 valence electrons. The van der Waals surface area contributed by atoms with Crippen molar-refractivity contribution >= 4 is 16.7 Å². The summed E-state index contributed by atoms with van der Waals surface area (Å²) in [5.74, 6) is 3.31. The van der Waals surface area contributed by atoms with Crippen LogP contribution in [0.1, 0.15) is 71.0 Å². The third-order valence-corrected chi connectivity index (χ3v) is 4.70. The van der Waals surface area contributed by atoms with Crippen LogP contribution >= 0.6 is 11.5 Å². The van der Waals surface area contributed by atoms with Crippen LogP contribution in [0.4, 0.5) is 5.13 Å². The summed E-state index contributed by atoms with van der Waals surface area (Å²) in [6.07, 6.45) is 8.03. The standard InChI is InChI=1S/C15H27N3S/c1-4-5-12-6-8-13(9-7-12)14-17-15(19-18-14)16-10-11(2)3/h11-13H,4-10H2,1-3H3,(H,16,17,18). The highest BCUT2D eigenvalue weighted by Gasteiger charge is 2.24. The van der Waals surface area contributed by atoms with Crippen LogP contribution in [-0.4, -0.2) is 15.9 Å². The molecule has 3 nitrogen and oxygen atoms in total. The molecule has 1 aliphatic rings. The molecule has 1 heterocycles. The second-order valence-corrected chi connectivity index (χ2v) is 6.99. The zero-order valence-corrected chi connectivity index (χ0v) is 13.3. The number of nitrogens with one attached hydrogen (secondary N) is 1. The van der Waals surface area contributed by atoms with E-state index in [0.29, 0.717) is 11.8 Å². The monoisotopic (exact) mass is 281 g/mol. The lowest BCUT2D eigenvalue weighted by Gasteiger charge is -2.26. The largest absolute Gasteiger partial charge is 0.360 e. The molecule has 1 aliphatic carbocycles. The van der Waals surface area contributed by atoms with Crippen molar-refractivity contribution in [2.75, 3.05) is 11.9 Å². The van der Waals surface area contributed by atoms with Crippen LogP contribution in [0.15, 0.2) is 0 Å². The normalized spacial score (nSPS) is 23.8. The highest BCUT2D eigenvalue weighted by atomic mass is 32.1. The maximum Gasteiger partial charge on any atom is 0.202 e. The molecule has 1 fully saturated rings. The molecule has 0 radical (unpaired) electrons. The maximum absolute atomic E-state index is 4.67. The molecule has 2 rings (SSSR count). The van der Waals surface area contributed by atoms with Crippen LogP contribution in [0.3, 0.4) is 0 Å². The molecule has 0 saturated heterocycles. The fourth-order valence-corrected chi connectivity index (χ4v) is 3.53. The predicted molar refractivity (Wildman–Crippen MR) is 82.8 cm³/mol. The summed E-state index contributed by atoms with van der Waals surface area (Å²) in [7, 11) is 0. The van der Waals surface area contributed by atoms with E-state index >= 15 is 0 Å². The molecule has 0 spiro atoms. The van der Waals surface area contributed by atoms with Crippen molar-refractivity contribution < 1.29 is 0 Å². The lowest BCUT2D eigenvalue weighted by atomic mass is 9.80. The van der Waals surface area contributed by atoms with Gasteiger partial charge in [0.15, 0.2) is 0 Å². The van der Waals surface area contributed by atoms with Crippen LogP contribution in [0.25, 0.3) is 0 Å². The molecular formula is C15H27N3S. The van der Waals surface area contributed by atoms with Crippen LogP contribution in [0, 0.1) is 11.8 Å². The van der Waals surface area contributed by atoms with Gasteiger partial charge in [-0.2, -0.15) is 4.37 Å². The van der Waals surface area contributed by atoms with Gasteiger partial charge in [0.2, 0.25) is 5.13 Å². The van der Waals surface area contributed by atoms with Crippen molar-refractivity contribution in [2.24, 2.45) is 11.8 Å². The van der Waals surface area contributed by atoms with E-state index < -0.39 is 0 Å². The van der Waals surface area contributed by atoms with Crippen molar-refractivity contribution in [3.63, 3.8) is 0 Å². The summed E-state index contributed by atoms with van der Waals surface area (Å²) in [6, 6.07) is 0. The van der Waals surface area contributed by atoms with Gasteiger partial charge in [0, 0.05) is 24.0 Å². The SMILES string of the molecule is CCCC1CCC(c2nsc(NCC(C)C)n2)CC1. The Morgan fingerprint density at radius 3 is 2.63 bits per heavy atom. The number of hydrogen-bond donors (Lipinski definition) is 1. The molecule has 0 unspecified atom stereocenters. The Labute approximate surface area is 121 Å². The van der Waals surface area contributed by atoms with Gasteiger partial charge in [-0.25, -0.2) is 4.98 Å². The Morgan fingerprint density at radius 1 is 1.26 bits per heavy atom. The number of rotatable bonds is 6. The van der Waals surface area contributed by atoms with E-state index in [4.69, 9.17) is 0 Å². The molecule has 1 N–H and O–H groups in total. The zero-order chi connectivity index (χ0) is 13.7. The van der Waals surface area contributed by atoms with Crippen molar-refractivity contribution in [3.8, 4) is 0 Å². The molecule has 0 aliphatic heterocycles. The minimum atomic E-state index is 0.610. The van der Waals surface area contributed by atoms with Crippen LogP contribution < -0.4 is 5.32 Å². The van der Waals surface area contributed by atoms with Gasteiger partial charge >= 0.3 is 0 Å². The van der Waals surface area contributed by atoms with E-state index in [2.05, 4.69) is 35.4 Å². The Bertz CT molecular complexity index is 367. The second-order valence-electron chi connectivity index (χ2n) is 6.24. The first-order valence-electron chi connectivity index (χ1n) is 7.76. The average Bonchev–Trinajstić information content (AvgIpc) is 2.86. The van der Waals surface area contributed by atoms with Gasteiger partial charge in [-0.05, 0) is 37.5 Å². The zero-order valence-electron chi connectivity index (χ0n) is 12.5. The highest BCUT2D eigenvalue weighted by Crippen LogP contribution is 2.37. The lowest BCUT2D eigenvalue weighted by Crippen LogP contribution is -2.14. The molecule has 0 aromatic carbocycles. The van der Waals surface area contributed by atoms with Crippen LogP contribution in [0.2, 0.25) is 0 Å². The van der Waals surface area contributed by atoms with E-state index in [9.17, 15) is 0 Å². The first-order valence-corrected chi connectivity index (χ1v) is 8.53. The van der Waals surface area contributed by atoms with Crippen LogP contribution in [0.5, 0.6) is 0 Å². The van der Waals surface area contributed by atoms with Crippen LogP contribution in [-0.2, 0) is 0 Å². The van der Waals surface area contributed by atoms with Crippen molar-refractivity contribution in [3.05, 3.63) is 5.82 Å². The maximum atomic E-state index is 4.67. The minimum absolute atomic E-state index is 0.610. The third kappa shape index (κ3) is 4.44. The molecule has 1 aromatic rings. The molecule has 19 heavy (non-hydrogen) atoms. The van der Waals surface area contributed by atoms with E-state index in [1.807, 2.05) is 0 Å². The molecule has 0 atom stereocenters. The van der Waals surface area contributed by atoms with Gasteiger partial charge in [-0.3, -0.25) is 0 Å². The third-order valence-electron chi connectivity index (χ3n) is 4.01. The van der Waals surface area contributed by atoms with Gasteiger partial charge in [0.25, 0.3) is 0 Å². The molecule has 1 aromatic heterocycles. The number of hydrogen-bond acceptors (Lipinski definition) is 4. The summed E-state index contributed by atoms with van der Waals surface area (Å²) in [5, 5.41) is 4.38. The minimum Gasteiger partial charge on any atom is -0.360 e. The van der Waals surface area contributed by atoms with Crippen molar-refractivity contribution in [2.45, 2.75) is 65.2 Å². The summed E-state index contributed by atoms with van der Waals surface area (Å²) < 4.78 is 4.56. The Morgan fingerprint density at radius 2 is 2.00 bits per heavy atom. The van der Waals surface area contributed by atoms with E-state index in [1.165, 1.54) is 50.1 Å². The number of nitrogens with zero attached hydrogens (tertiary/aromatic N) is 2. The lowest BCUT2D eigenvalue weighted by molar-refractivity contribution is 0.303. The second kappa shape index (κ2) is 7.22. The average molecular weight is 281 g/mol. The van der Waals surface area contributed by atoms with Gasteiger partial charge in [0.05, 0.1) is 0 Å². The molecular weight excluding hydrogens is 254 g/mol. The van der Waals surface area contributed by atoms with Gasteiger partial charge in [0.1, 0.15) is 5.82 Å². The highest BCUT2D eigenvalue weighted by molar-refractivity contribution is 7.09. The molecule has 0 amide bonds. The summed E-state index contributed by atoms with van der Waals surface area (Å²) in [4.78, 5) is 4.67. The van der Waals surface area contributed by atoms with Crippen molar-refractivity contribution in [1.82, 2.24) is 9.36 Å². The number of aromatic nitrogens is 2. The summed E-state index contributed by atoms with van der Waals surface area (Å²) >= 11 is 1.52. The fourth-order valence-electron chi connectivity index (χ4n) is 2.88. The van der Waals surface area contributed by atoms with Gasteiger partial charge in [-0.15, -0.1) is 0 Å². The van der Waals surface area contributed by atoms with E-state index in [-0.39, 0.29) is 0 Å². The fraction of sp³-hybridized carbons (Fsp3) is 0.867. The summed E-state index contributed by atoms with van der Waals surface area (Å²) in [5.41, 5.74) is 0. The Hall–Kier alpha value is -0.640. The van der Waals surface area contributed by atoms with Gasteiger partial charge < -0.3 is 5.32 Å².